The molecule has 2 aromatic carbocycles. The Bertz CT molecular complexity index is 766. The van der Waals surface area contributed by atoms with Crippen molar-refractivity contribution in [1.82, 2.24) is 20.2 Å². The average molecular weight is 269 g/mol. The third kappa shape index (κ3) is 2.01. The van der Waals surface area contributed by atoms with Gasteiger partial charge in [0.2, 0.25) is 0 Å². The van der Waals surface area contributed by atoms with Gasteiger partial charge in [0.15, 0.2) is 5.82 Å². The molecule has 1 heterocycles. The Morgan fingerprint density at radius 2 is 1.95 bits per heavy atom. The number of anilines is 1. The second kappa shape index (κ2) is 4.73. The smallest absolute Gasteiger partial charge is 0.190 e. The summed E-state index contributed by atoms with van der Waals surface area (Å²) in [6.07, 6.45) is 0. The molecule has 6 heteroatoms. The van der Waals surface area contributed by atoms with Gasteiger partial charge in [-0.2, -0.15) is 4.68 Å². The van der Waals surface area contributed by atoms with E-state index in [0.29, 0.717) is 11.5 Å². The third-order valence-corrected chi connectivity index (χ3v) is 3.04. The molecule has 0 saturated heterocycles. The molecule has 0 saturated carbocycles. The topological polar surface area (TPSA) is 69.6 Å². The highest BCUT2D eigenvalue weighted by molar-refractivity contribution is 5.63. The lowest BCUT2D eigenvalue weighted by molar-refractivity contribution is 0.629. The number of benzene rings is 2. The van der Waals surface area contributed by atoms with E-state index in [1.54, 1.807) is 0 Å². The van der Waals surface area contributed by atoms with E-state index in [0.717, 1.165) is 11.3 Å². The Morgan fingerprint density at radius 1 is 1.15 bits per heavy atom. The number of halogens is 1. The molecular weight excluding hydrogens is 257 g/mol. The third-order valence-electron chi connectivity index (χ3n) is 3.04. The van der Waals surface area contributed by atoms with Crippen LogP contribution < -0.4 is 5.73 Å². The number of aromatic nitrogens is 4. The molecule has 0 amide bonds. The molecule has 3 aromatic rings. The molecule has 0 spiro atoms. The molecule has 0 atom stereocenters. The lowest BCUT2D eigenvalue weighted by Crippen LogP contribution is -2.03. The molecule has 2 N–H and O–H groups in total. The van der Waals surface area contributed by atoms with Gasteiger partial charge in [0.1, 0.15) is 5.82 Å². The zero-order valence-electron chi connectivity index (χ0n) is 10.8. The van der Waals surface area contributed by atoms with Gasteiger partial charge in [-0.3, -0.25) is 0 Å². The van der Waals surface area contributed by atoms with Crippen LogP contribution in [0.25, 0.3) is 17.1 Å². The first-order valence-electron chi connectivity index (χ1n) is 6.06. The van der Waals surface area contributed by atoms with Gasteiger partial charge in [-0.25, -0.2) is 4.39 Å². The number of nitrogens with zero attached hydrogens (tertiary/aromatic N) is 4. The van der Waals surface area contributed by atoms with Gasteiger partial charge >= 0.3 is 0 Å². The zero-order chi connectivity index (χ0) is 14.1. The first-order chi connectivity index (χ1) is 9.66. The van der Waals surface area contributed by atoms with Crippen molar-refractivity contribution >= 4 is 5.69 Å². The maximum atomic E-state index is 14.0. The van der Waals surface area contributed by atoms with E-state index in [-0.39, 0.29) is 5.56 Å². The van der Waals surface area contributed by atoms with Crippen LogP contribution in [0.4, 0.5) is 10.1 Å². The summed E-state index contributed by atoms with van der Waals surface area (Å²) < 4.78 is 15.5. The van der Waals surface area contributed by atoms with Crippen molar-refractivity contribution in [3.8, 4) is 17.1 Å². The van der Waals surface area contributed by atoms with Gasteiger partial charge in [-0.1, -0.05) is 18.2 Å². The molecule has 0 aliphatic carbocycles. The van der Waals surface area contributed by atoms with E-state index in [1.807, 2.05) is 31.2 Å². The molecule has 0 fully saturated rings. The number of rotatable bonds is 2. The van der Waals surface area contributed by atoms with Gasteiger partial charge < -0.3 is 5.73 Å². The van der Waals surface area contributed by atoms with E-state index in [1.165, 1.54) is 22.9 Å². The second-order valence-electron chi connectivity index (χ2n) is 4.44. The summed E-state index contributed by atoms with van der Waals surface area (Å²) in [5, 5.41) is 11.5. The monoisotopic (exact) mass is 269 g/mol. The lowest BCUT2D eigenvalue weighted by atomic mass is 10.1. The predicted molar refractivity (Wildman–Crippen MR) is 73.7 cm³/mol. The minimum absolute atomic E-state index is 0.276. The Hall–Kier alpha value is -2.76. The van der Waals surface area contributed by atoms with Crippen LogP contribution in [0.2, 0.25) is 0 Å². The summed E-state index contributed by atoms with van der Waals surface area (Å²) in [5.41, 5.74) is 8.23. The fraction of sp³-hybridized carbons (Fsp3) is 0.0714. The highest BCUT2D eigenvalue weighted by Gasteiger charge is 2.16. The fourth-order valence-corrected chi connectivity index (χ4v) is 2.03. The van der Waals surface area contributed by atoms with E-state index in [9.17, 15) is 4.39 Å². The predicted octanol–water partition coefficient (Wildman–Crippen LogP) is 2.36. The Morgan fingerprint density at radius 3 is 2.75 bits per heavy atom. The van der Waals surface area contributed by atoms with Gasteiger partial charge in [0.05, 0.1) is 11.3 Å². The molecule has 0 aliphatic heterocycles. The minimum atomic E-state index is -0.413. The van der Waals surface area contributed by atoms with Crippen molar-refractivity contribution in [3.05, 3.63) is 53.8 Å². The van der Waals surface area contributed by atoms with Crippen LogP contribution in [0.1, 0.15) is 5.56 Å². The number of hydrogen-bond donors (Lipinski definition) is 1. The van der Waals surface area contributed by atoms with Crippen molar-refractivity contribution in [3.63, 3.8) is 0 Å². The highest BCUT2D eigenvalue weighted by Crippen LogP contribution is 2.25. The standard InChI is InChI=1S/C14H12FN5/c1-9-4-2-3-5-13(9)20-14(17-18-19-20)11-8-10(16)6-7-12(11)15/h2-8H,16H2,1H3. The van der Waals surface area contributed by atoms with Crippen molar-refractivity contribution in [1.29, 1.82) is 0 Å². The molecule has 0 bridgehead atoms. The van der Waals surface area contributed by atoms with Gasteiger partial charge in [-0.05, 0) is 47.2 Å². The SMILES string of the molecule is Cc1ccccc1-n1nnnc1-c1cc(N)ccc1F. The van der Waals surface area contributed by atoms with Crippen LogP contribution in [0.15, 0.2) is 42.5 Å². The molecule has 20 heavy (non-hydrogen) atoms. The van der Waals surface area contributed by atoms with Crippen LogP contribution in [-0.2, 0) is 0 Å². The molecule has 0 unspecified atom stereocenters. The summed E-state index contributed by atoms with van der Waals surface area (Å²) >= 11 is 0. The number of aryl methyl sites for hydroxylation is 1. The Balaban J connectivity index is 2.21. The van der Waals surface area contributed by atoms with Crippen molar-refractivity contribution in [2.75, 3.05) is 5.73 Å². The van der Waals surface area contributed by atoms with Gasteiger partial charge in [0, 0.05) is 5.69 Å². The summed E-state index contributed by atoms with van der Waals surface area (Å²) in [6, 6.07) is 11.9. The summed E-state index contributed by atoms with van der Waals surface area (Å²) in [4.78, 5) is 0. The van der Waals surface area contributed by atoms with Crippen molar-refractivity contribution in [2.24, 2.45) is 0 Å². The number of nitrogens with two attached hydrogens (primary N) is 1. The molecule has 100 valence electrons. The highest BCUT2D eigenvalue weighted by atomic mass is 19.1. The van der Waals surface area contributed by atoms with E-state index in [4.69, 9.17) is 5.73 Å². The summed E-state index contributed by atoms with van der Waals surface area (Å²) in [7, 11) is 0. The van der Waals surface area contributed by atoms with Crippen molar-refractivity contribution in [2.45, 2.75) is 6.92 Å². The fourth-order valence-electron chi connectivity index (χ4n) is 2.03. The first-order valence-corrected chi connectivity index (χ1v) is 6.06. The van der Waals surface area contributed by atoms with Crippen LogP contribution >= 0.6 is 0 Å². The van der Waals surface area contributed by atoms with E-state index in [2.05, 4.69) is 15.5 Å². The maximum Gasteiger partial charge on any atom is 0.190 e. The molecule has 3 rings (SSSR count). The first kappa shape index (κ1) is 12.3. The van der Waals surface area contributed by atoms with E-state index < -0.39 is 5.82 Å². The average Bonchev–Trinajstić information content (AvgIpc) is 2.91. The Kier molecular flexibility index (Phi) is 2.90. The van der Waals surface area contributed by atoms with Crippen LogP contribution in [0.3, 0.4) is 0 Å². The van der Waals surface area contributed by atoms with Crippen molar-refractivity contribution < 1.29 is 4.39 Å². The lowest BCUT2D eigenvalue weighted by Gasteiger charge is -2.08. The van der Waals surface area contributed by atoms with Crippen LogP contribution in [0.5, 0.6) is 0 Å². The maximum absolute atomic E-state index is 14.0. The normalized spacial score (nSPS) is 10.7. The molecular formula is C14H12FN5. The zero-order valence-corrected chi connectivity index (χ0v) is 10.8. The quantitative estimate of drug-likeness (QED) is 0.725. The largest absolute Gasteiger partial charge is 0.399 e. The summed E-state index contributed by atoms with van der Waals surface area (Å²) in [6.45, 7) is 1.94. The van der Waals surface area contributed by atoms with Crippen LogP contribution in [-0.4, -0.2) is 20.2 Å². The van der Waals surface area contributed by atoms with E-state index >= 15 is 0 Å². The second-order valence-corrected chi connectivity index (χ2v) is 4.44. The number of para-hydroxylation sites is 1. The summed E-state index contributed by atoms with van der Waals surface area (Å²) in [5.74, 6) is -0.0899. The molecule has 0 aliphatic rings. The molecule has 5 nitrogen and oxygen atoms in total. The number of nitrogen functional groups attached to an aromatic ring is 1. The Labute approximate surface area is 114 Å². The van der Waals surface area contributed by atoms with Gasteiger partial charge in [0.25, 0.3) is 0 Å². The molecule has 1 aromatic heterocycles. The van der Waals surface area contributed by atoms with Gasteiger partial charge in [-0.15, -0.1) is 5.10 Å². The number of tetrazole rings is 1. The number of hydrogen-bond acceptors (Lipinski definition) is 4. The van der Waals surface area contributed by atoms with Crippen LogP contribution in [0, 0.1) is 12.7 Å². The minimum Gasteiger partial charge on any atom is -0.399 e. The molecule has 0 radical (unpaired) electrons.